The van der Waals surface area contributed by atoms with Crippen molar-refractivity contribution in [3.63, 3.8) is 0 Å². The van der Waals surface area contributed by atoms with Crippen molar-refractivity contribution in [1.82, 2.24) is 20.5 Å². The molecule has 9 nitrogen and oxygen atoms in total. The van der Waals surface area contributed by atoms with Crippen LogP contribution in [0.2, 0.25) is 5.02 Å². The van der Waals surface area contributed by atoms with Crippen LogP contribution in [0.3, 0.4) is 0 Å². The Labute approximate surface area is 246 Å². The van der Waals surface area contributed by atoms with Crippen LogP contribution in [0, 0.1) is 5.92 Å². The zero-order chi connectivity index (χ0) is 29.4. The van der Waals surface area contributed by atoms with Gasteiger partial charge in [-0.25, -0.2) is 0 Å². The monoisotopic (exact) mass is 583 g/mol. The van der Waals surface area contributed by atoms with Gasteiger partial charge in [0.1, 0.15) is 18.3 Å². The number of pyridine rings is 1. The molecule has 0 aliphatic heterocycles. The first kappa shape index (κ1) is 30.8. The largest absolute Gasteiger partial charge is 0.354 e. The molecular formula is C31H42ClN5O4. The molecule has 0 bridgehead atoms. The number of nitrogens with one attached hydrogen (secondary N) is 4. The fourth-order valence-corrected chi connectivity index (χ4v) is 5.94. The number of fused-ring (bicyclic) bond motifs is 1. The number of hydrogen-bond acceptors (Lipinski definition) is 5. The van der Waals surface area contributed by atoms with Gasteiger partial charge in [0, 0.05) is 17.3 Å². The molecule has 2 aliphatic carbocycles. The first-order chi connectivity index (χ1) is 19.8. The first-order valence-corrected chi connectivity index (χ1v) is 15.2. The highest BCUT2D eigenvalue weighted by atomic mass is 35.5. The minimum absolute atomic E-state index is 0.00280. The molecule has 1 saturated carbocycles. The quantitative estimate of drug-likeness (QED) is 0.323. The van der Waals surface area contributed by atoms with Gasteiger partial charge in [-0.15, -0.1) is 0 Å². The van der Waals surface area contributed by atoms with E-state index in [0.717, 1.165) is 68.2 Å². The van der Waals surface area contributed by atoms with Gasteiger partial charge in [-0.2, -0.15) is 0 Å². The summed E-state index contributed by atoms with van der Waals surface area (Å²) in [7, 11) is 1.70. The van der Waals surface area contributed by atoms with Crippen LogP contribution in [-0.4, -0.2) is 48.0 Å². The zero-order valence-electron chi connectivity index (χ0n) is 24.1. The molecule has 41 heavy (non-hydrogen) atoms. The lowest BCUT2D eigenvalue weighted by atomic mass is 9.83. The molecular weight excluding hydrogens is 542 g/mol. The van der Waals surface area contributed by atoms with Crippen LogP contribution in [-0.2, 0) is 40.2 Å². The van der Waals surface area contributed by atoms with Crippen LogP contribution in [0.1, 0.15) is 68.7 Å². The molecule has 1 fully saturated rings. The number of anilines is 1. The van der Waals surface area contributed by atoms with Gasteiger partial charge in [0.25, 0.3) is 5.56 Å². The Morgan fingerprint density at radius 3 is 2.41 bits per heavy atom. The van der Waals surface area contributed by atoms with E-state index >= 15 is 0 Å². The van der Waals surface area contributed by atoms with Gasteiger partial charge in [-0.3, -0.25) is 19.2 Å². The Morgan fingerprint density at radius 1 is 1.00 bits per heavy atom. The van der Waals surface area contributed by atoms with E-state index in [1.54, 1.807) is 20.0 Å². The van der Waals surface area contributed by atoms with E-state index < -0.39 is 17.6 Å². The maximum absolute atomic E-state index is 13.7. The third-order valence-electron chi connectivity index (χ3n) is 8.34. The normalized spacial score (nSPS) is 16.8. The van der Waals surface area contributed by atoms with Crippen LogP contribution in [0.4, 0.5) is 5.69 Å². The second-order valence-corrected chi connectivity index (χ2v) is 11.7. The van der Waals surface area contributed by atoms with Crippen molar-refractivity contribution in [3.05, 3.63) is 62.5 Å². The minimum atomic E-state index is -0.737. The summed E-state index contributed by atoms with van der Waals surface area (Å²) in [5.41, 5.74) is 2.64. The van der Waals surface area contributed by atoms with Crippen molar-refractivity contribution < 1.29 is 14.4 Å². The maximum Gasteiger partial charge on any atom is 0.275 e. The number of aromatic nitrogens is 1. The lowest BCUT2D eigenvalue weighted by Gasteiger charge is -2.31. The number of benzene rings is 1. The summed E-state index contributed by atoms with van der Waals surface area (Å²) in [5.74, 6) is -0.898. The molecule has 0 spiro atoms. The van der Waals surface area contributed by atoms with Crippen molar-refractivity contribution in [2.24, 2.45) is 5.92 Å². The smallest absolute Gasteiger partial charge is 0.275 e. The number of hydrogen-bond donors (Lipinski definition) is 4. The van der Waals surface area contributed by atoms with E-state index in [1.807, 2.05) is 24.3 Å². The molecule has 0 radical (unpaired) electrons. The van der Waals surface area contributed by atoms with Crippen molar-refractivity contribution in [2.75, 3.05) is 18.9 Å². The number of carbonyl (C=O) groups is 3. The molecule has 2 aliphatic rings. The highest BCUT2D eigenvalue weighted by molar-refractivity contribution is 6.30. The Morgan fingerprint density at radius 2 is 1.71 bits per heavy atom. The lowest BCUT2D eigenvalue weighted by molar-refractivity contribution is -0.128. The molecule has 4 N–H and O–H groups in total. The Bertz CT molecular complexity index is 1290. The summed E-state index contributed by atoms with van der Waals surface area (Å²) in [4.78, 5) is 53.0. The van der Waals surface area contributed by atoms with Crippen molar-refractivity contribution in [2.45, 2.75) is 89.8 Å². The predicted octanol–water partition coefficient (Wildman–Crippen LogP) is 3.35. The third kappa shape index (κ3) is 8.20. The number of halogens is 1. The first-order valence-electron chi connectivity index (χ1n) is 14.8. The van der Waals surface area contributed by atoms with Gasteiger partial charge in [0.15, 0.2) is 0 Å². The Hall–Kier alpha value is -3.17. The van der Waals surface area contributed by atoms with E-state index in [9.17, 15) is 19.2 Å². The van der Waals surface area contributed by atoms with Crippen molar-refractivity contribution in [3.8, 4) is 0 Å². The summed E-state index contributed by atoms with van der Waals surface area (Å²) in [6.07, 6.45) is 8.86. The van der Waals surface area contributed by atoms with Crippen molar-refractivity contribution >= 4 is 35.0 Å². The van der Waals surface area contributed by atoms with Crippen LogP contribution in [0.5, 0.6) is 0 Å². The number of carbonyl (C=O) groups excluding carboxylic acids is 3. The highest BCUT2D eigenvalue weighted by Gasteiger charge is 2.33. The SMILES string of the molecule is CN[C@@H](C)C(=O)N[C@H](C(=O)Nc1cc2c(n(CC(=O)NCCc3ccc(Cl)cc3)c1=O)CCCC2)C1CCCCC1. The molecule has 0 saturated heterocycles. The van der Waals surface area contributed by atoms with Crippen LogP contribution < -0.4 is 26.8 Å². The molecule has 3 amide bonds. The minimum Gasteiger partial charge on any atom is -0.354 e. The molecule has 0 unspecified atom stereocenters. The Kier molecular flexibility index (Phi) is 11.0. The van der Waals surface area contributed by atoms with E-state index in [0.29, 0.717) is 24.4 Å². The van der Waals surface area contributed by atoms with Gasteiger partial charge in [0.2, 0.25) is 17.7 Å². The number of likely N-dealkylation sites (N-methyl/N-ethyl adjacent to an activating group) is 1. The fraction of sp³-hybridized carbons (Fsp3) is 0.548. The summed E-state index contributed by atoms with van der Waals surface area (Å²) in [6, 6.07) is 8.05. The van der Waals surface area contributed by atoms with Gasteiger partial charge >= 0.3 is 0 Å². The van der Waals surface area contributed by atoms with Gasteiger partial charge in [0.05, 0.1) is 6.04 Å². The van der Waals surface area contributed by atoms with E-state index in [2.05, 4.69) is 21.3 Å². The standard InChI is InChI=1S/C31H42ClN5O4/c1-20(33-2)29(39)36-28(22-8-4-3-5-9-22)30(40)35-25-18-23-10-6-7-11-26(23)37(31(25)41)19-27(38)34-17-16-21-12-14-24(32)15-13-21/h12-15,18,20,22,28,33H,3-11,16-17,19H2,1-2H3,(H,34,38)(H,35,40)(H,36,39)/t20-,28-/m0/s1. The van der Waals surface area contributed by atoms with Crippen LogP contribution in [0.25, 0.3) is 0 Å². The molecule has 10 heteroatoms. The third-order valence-corrected chi connectivity index (χ3v) is 8.59. The predicted molar refractivity (Wildman–Crippen MR) is 161 cm³/mol. The van der Waals surface area contributed by atoms with Gasteiger partial charge < -0.3 is 25.8 Å². The summed E-state index contributed by atoms with van der Waals surface area (Å²) in [6.45, 7) is 2.06. The fourth-order valence-electron chi connectivity index (χ4n) is 5.82. The number of rotatable bonds is 11. The average Bonchev–Trinajstić information content (AvgIpc) is 2.98. The topological polar surface area (TPSA) is 121 Å². The van der Waals surface area contributed by atoms with E-state index in [4.69, 9.17) is 11.6 Å². The average molecular weight is 584 g/mol. The lowest BCUT2D eigenvalue weighted by Crippen LogP contribution is -2.53. The van der Waals surface area contributed by atoms with E-state index in [1.165, 1.54) is 4.57 Å². The summed E-state index contributed by atoms with van der Waals surface area (Å²) in [5, 5.41) is 12.3. The summed E-state index contributed by atoms with van der Waals surface area (Å²) < 4.78 is 1.51. The zero-order valence-corrected chi connectivity index (χ0v) is 24.8. The van der Waals surface area contributed by atoms with Gasteiger partial charge in [-0.05, 0) is 94.2 Å². The second-order valence-electron chi connectivity index (χ2n) is 11.2. The molecule has 1 heterocycles. The van der Waals surface area contributed by atoms with Crippen LogP contribution >= 0.6 is 11.6 Å². The molecule has 2 atom stereocenters. The summed E-state index contributed by atoms with van der Waals surface area (Å²) >= 11 is 5.95. The Balaban J connectivity index is 1.51. The second kappa shape index (κ2) is 14.6. The molecule has 2 aromatic rings. The van der Waals surface area contributed by atoms with Crippen molar-refractivity contribution in [1.29, 1.82) is 0 Å². The maximum atomic E-state index is 13.7. The van der Waals surface area contributed by atoms with E-state index in [-0.39, 0.29) is 35.9 Å². The van der Waals surface area contributed by atoms with Gasteiger partial charge in [-0.1, -0.05) is 43.0 Å². The molecule has 1 aromatic heterocycles. The van der Waals surface area contributed by atoms with Crippen LogP contribution in [0.15, 0.2) is 35.1 Å². The molecule has 222 valence electrons. The molecule has 1 aromatic carbocycles. The highest BCUT2D eigenvalue weighted by Crippen LogP contribution is 2.28. The molecule has 4 rings (SSSR count). The number of amides is 3. The number of nitrogens with zero attached hydrogens (tertiary/aromatic N) is 1. The number of aryl methyl sites for hydroxylation is 1.